The van der Waals surface area contributed by atoms with Crippen molar-refractivity contribution in [1.29, 1.82) is 0 Å². The van der Waals surface area contributed by atoms with Crippen molar-refractivity contribution in [2.45, 2.75) is 32.9 Å². The zero-order chi connectivity index (χ0) is 22.3. The van der Waals surface area contributed by atoms with Crippen molar-refractivity contribution in [2.24, 2.45) is 11.7 Å². The number of carbonyl (C=O) groups is 3. The molecule has 160 valence electrons. The number of primary amides is 1. The minimum Gasteiger partial charge on any atom is -0.497 e. The summed E-state index contributed by atoms with van der Waals surface area (Å²) in [5.41, 5.74) is 6.96. The average Bonchev–Trinajstić information content (AvgIpc) is 2.71. The average molecular weight is 412 g/mol. The number of nitrogens with one attached hydrogen (secondary N) is 3. The van der Waals surface area contributed by atoms with Crippen molar-refractivity contribution in [2.75, 3.05) is 12.4 Å². The molecule has 0 aromatic heterocycles. The Kier molecular flexibility index (Phi) is 7.80. The standard InChI is InChI=1S/C22H28N4O4/c1-13(2)19(26-20(27)16-7-11-18(30-4)12-8-16)21(28)24-14(3)15-5-9-17(10-6-15)25-22(23)29/h5-14,19H,1-4H3,(H,24,28)(H,26,27)(H3,23,25,29). The Bertz CT molecular complexity index is 879. The van der Waals surface area contributed by atoms with Crippen molar-refractivity contribution < 1.29 is 19.1 Å². The fourth-order valence-electron chi connectivity index (χ4n) is 2.89. The fourth-order valence-corrected chi connectivity index (χ4v) is 2.89. The highest BCUT2D eigenvalue weighted by Gasteiger charge is 2.26. The van der Waals surface area contributed by atoms with Gasteiger partial charge in [0.05, 0.1) is 13.2 Å². The second-order valence-corrected chi connectivity index (χ2v) is 7.27. The van der Waals surface area contributed by atoms with Crippen LogP contribution in [-0.4, -0.2) is 31.0 Å². The molecule has 0 bridgehead atoms. The van der Waals surface area contributed by atoms with E-state index in [2.05, 4.69) is 16.0 Å². The van der Waals surface area contributed by atoms with E-state index in [0.29, 0.717) is 17.0 Å². The molecule has 0 spiro atoms. The lowest BCUT2D eigenvalue weighted by molar-refractivity contribution is -0.124. The van der Waals surface area contributed by atoms with Gasteiger partial charge in [-0.05, 0) is 54.8 Å². The molecule has 30 heavy (non-hydrogen) atoms. The minimum absolute atomic E-state index is 0.110. The summed E-state index contributed by atoms with van der Waals surface area (Å²) in [6.45, 7) is 5.58. The number of benzene rings is 2. The molecule has 2 unspecified atom stereocenters. The summed E-state index contributed by atoms with van der Waals surface area (Å²) in [7, 11) is 1.55. The number of urea groups is 1. The maximum absolute atomic E-state index is 12.8. The van der Waals surface area contributed by atoms with Crippen molar-refractivity contribution in [3.05, 3.63) is 59.7 Å². The van der Waals surface area contributed by atoms with Crippen molar-refractivity contribution >= 4 is 23.5 Å². The van der Waals surface area contributed by atoms with Crippen LogP contribution in [0.3, 0.4) is 0 Å². The third-order valence-electron chi connectivity index (χ3n) is 4.62. The monoisotopic (exact) mass is 412 g/mol. The zero-order valence-corrected chi connectivity index (χ0v) is 17.6. The lowest BCUT2D eigenvalue weighted by Crippen LogP contribution is -2.50. The second kappa shape index (κ2) is 10.3. The van der Waals surface area contributed by atoms with Gasteiger partial charge in [-0.1, -0.05) is 26.0 Å². The van der Waals surface area contributed by atoms with Crippen molar-refractivity contribution in [3.63, 3.8) is 0 Å². The topological polar surface area (TPSA) is 123 Å². The predicted octanol–water partition coefficient (Wildman–Crippen LogP) is 2.82. The largest absolute Gasteiger partial charge is 0.497 e. The maximum atomic E-state index is 12.8. The normalized spacial score (nSPS) is 12.6. The number of rotatable bonds is 8. The summed E-state index contributed by atoms with van der Waals surface area (Å²) >= 11 is 0. The fraction of sp³-hybridized carbons (Fsp3) is 0.318. The van der Waals surface area contributed by atoms with Gasteiger partial charge in [-0.2, -0.15) is 0 Å². The van der Waals surface area contributed by atoms with Crippen LogP contribution in [0.5, 0.6) is 5.75 Å². The van der Waals surface area contributed by atoms with Gasteiger partial charge in [-0.15, -0.1) is 0 Å². The molecule has 0 heterocycles. The smallest absolute Gasteiger partial charge is 0.316 e. The molecule has 0 aliphatic rings. The summed E-state index contributed by atoms with van der Waals surface area (Å²) in [5.74, 6) is -0.0724. The number of ether oxygens (including phenoxy) is 1. The highest BCUT2D eigenvalue weighted by molar-refractivity contribution is 5.97. The van der Waals surface area contributed by atoms with Crippen LogP contribution in [0.25, 0.3) is 0 Å². The molecule has 2 atom stereocenters. The van der Waals surface area contributed by atoms with E-state index < -0.39 is 12.1 Å². The van der Waals surface area contributed by atoms with Gasteiger partial charge in [0.25, 0.3) is 5.91 Å². The number of anilines is 1. The molecular formula is C22H28N4O4. The summed E-state index contributed by atoms with van der Waals surface area (Å²) in [4.78, 5) is 36.3. The predicted molar refractivity (Wildman–Crippen MR) is 115 cm³/mol. The van der Waals surface area contributed by atoms with E-state index in [9.17, 15) is 14.4 Å². The van der Waals surface area contributed by atoms with Gasteiger partial charge in [0.1, 0.15) is 11.8 Å². The van der Waals surface area contributed by atoms with Gasteiger partial charge < -0.3 is 26.4 Å². The first-order valence-corrected chi connectivity index (χ1v) is 9.63. The summed E-state index contributed by atoms with van der Waals surface area (Å²) in [6.07, 6.45) is 0. The van der Waals surface area contributed by atoms with Crippen LogP contribution < -0.4 is 26.4 Å². The molecular weight excluding hydrogens is 384 g/mol. The SMILES string of the molecule is COc1ccc(C(=O)NC(C(=O)NC(C)c2ccc(NC(N)=O)cc2)C(C)C)cc1. The molecule has 0 aliphatic carbocycles. The Hall–Kier alpha value is -3.55. The number of hydrogen-bond donors (Lipinski definition) is 4. The van der Waals surface area contributed by atoms with Crippen LogP contribution in [-0.2, 0) is 4.79 Å². The van der Waals surface area contributed by atoms with Crippen molar-refractivity contribution in [3.8, 4) is 5.75 Å². The van der Waals surface area contributed by atoms with Gasteiger partial charge >= 0.3 is 6.03 Å². The Morgan fingerprint density at radius 3 is 2.00 bits per heavy atom. The molecule has 2 aromatic carbocycles. The molecule has 5 N–H and O–H groups in total. The molecule has 2 rings (SSSR count). The first-order valence-electron chi connectivity index (χ1n) is 9.63. The second-order valence-electron chi connectivity index (χ2n) is 7.27. The molecule has 0 aliphatic heterocycles. The lowest BCUT2D eigenvalue weighted by Gasteiger charge is -2.24. The number of nitrogens with two attached hydrogens (primary N) is 1. The number of hydrogen-bond acceptors (Lipinski definition) is 4. The Morgan fingerprint density at radius 2 is 1.50 bits per heavy atom. The van der Waals surface area contributed by atoms with Crippen LogP contribution in [0.2, 0.25) is 0 Å². The van der Waals surface area contributed by atoms with Crippen LogP contribution in [0, 0.1) is 5.92 Å². The summed E-state index contributed by atoms with van der Waals surface area (Å²) in [5, 5.41) is 8.22. The molecule has 4 amide bonds. The van der Waals surface area contributed by atoms with E-state index in [1.807, 2.05) is 20.8 Å². The molecule has 0 fully saturated rings. The lowest BCUT2D eigenvalue weighted by atomic mass is 10.0. The molecule has 8 nitrogen and oxygen atoms in total. The van der Waals surface area contributed by atoms with Crippen LogP contribution in [0.1, 0.15) is 42.7 Å². The Labute approximate surface area is 176 Å². The van der Waals surface area contributed by atoms with E-state index in [1.54, 1.807) is 55.6 Å². The van der Waals surface area contributed by atoms with Crippen LogP contribution >= 0.6 is 0 Å². The van der Waals surface area contributed by atoms with Gasteiger partial charge in [-0.3, -0.25) is 9.59 Å². The first kappa shape index (κ1) is 22.7. The van der Waals surface area contributed by atoms with E-state index in [4.69, 9.17) is 10.5 Å². The molecule has 0 radical (unpaired) electrons. The third-order valence-corrected chi connectivity index (χ3v) is 4.62. The Morgan fingerprint density at radius 1 is 0.900 bits per heavy atom. The summed E-state index contributed by atoms with van der Waals surface area (Å²) in [6, 6.07) is 12.0. The molecule has 2 aromatic rings. The highest BCUT2D eigenvalue weighted by Crippen LogP contribution is 2.17. The van der Waals surface area contributed by atoms with Gasteiger partial charge in [0.2, 0.25) is 5.91 Å². The van der Waals surface area contributed by atoms with E-state index in [0.717, 1.165) is 5.56 Å². The van der Waals surface area contributed by atoms with Gasteiger partial charge in [0, 0.05) is 11.3 Å². The Balaban J connectivity index is 2.03. The molecule has 0 saturated heterocycles. The number of amides is 4. The van der Waals surface area contributed by atoms with Crippen LogP contribution in [0.4, 0.5) is 10.5 Å². The van der Waals surface area contributed by atoms with E-state index in [1.165, 1.54) is 0 Å². The molecule has 8 heteroatoms. The van der Waals surface area contributed by atoms with Crippen LogP contribution in [0.15, 0.2) is 48.5 Å². The summed E-state index contributed by atoms with van der Waals surface area (Å²) < 4.78 is 5.10. The molecule has 0 saturated carbocycles. The van der Waals surface area contributed by atoms with Gasteiger partial charge in [-0.25, -0.2) is 4.79 Å². The third kappa shape index (κ3) is 6.23. The van der Waals surface area contributed by atoms with E-state index in [-0.39, 0.29) is 23.8 Å². The number of methoxy groups -OCH3 is 1. The highest BCUT2D eigenvalue weighted by atomic mass is 16.5. The first-order chi connectivity index (χ1) is 14.2. The maximum Gasteiger partial charge on any atom is 0.316 e. The van der Waals surface area contributed by atoms with Crippen molar-refractivity contribution in [1.82, 2.24) is 10.6 Å². The van der Waals surface area contributed by atoms with E-state index >= 15 is 0 Å². The number of carbonyl (C=O) groups excluding carboxylic acids is 3. The van der Waals surface area contributed by atoms with Gasteiger partial charge in [0.15, 0.2) is 0 Å². The quantitative estimate of drug-likeness (QED) is 0.532. The minimum atomic E-state index is -0.696. The zero-order valence-electron chi connectivity index (χ0n) is 17.6.